The Hall–Kier alpha value is -3.50. The van der Waals surface area contributed by atoms with E-state index in [2.05, 4.69) is 29.4 Å². The van der Waals surface area contributed by atoms with Crippen molar-refractivity contribution in [3.63, 3.8) is 0 Å². The number of ether oxygens (including phenoxy) is 2. The SMILES string of the molecule is CCc1cc(NC(=O)C(=N)NC(=O)O)cc(Cl)c1Oc1ccc2c(c1)N(C(C)C)C(OC)N2. The quantitative estimate of drug-likeness (QED) is 0.307. The van der Waals surface area contributed by atoms with Crippen molar-refractivity contribution < 1.29 is 24.2 Å². The highest BCUT2D eigenvalue weighted by molar-refractivity contribution is 6.43. The summed E-state index contributed by atoms with van der Waals surface area (Å²) in [5.74, 6) is -0.676. The second-order valence-electron chi connectivity index (χ2n) is 7.57. The van der Waals surface area contributed by atoms with E-state index in [1.807, 2.05) is 25.1 Å². The molecule has 2 aromatic carbocycles. The summed E-state index contributed by atoms with van der Waals surface area (Å²) in [6.45, 7) is 6.05. The highest BCUT2D eigenvalue weighted by Gasteiger charge is 2.31. The number of rotatable bonds is 6. The van der Waals surface area contributed by atoms with Crippen LogP contribution in [0.3, 0.4) is 0 Å². The zero-order chi connectivity index (χ0) is 24.3. The summed E-state index contributed by atoms with van der Waals surface area (Å²) >= 11 is 6.47. The van der Waals surface area contributed by atoms with Crippen LogP contribution in [0.15, 0.2) is 30.3 Å². The molecule has 2 aromatic rings. The topological polar surface area (TPSA) is 136 Å². The number of methoxy groups -OCH3 is 1. The lowest BCUT2D eigenvalue weighted by Crippen LogP contribution is -2.41. The summed E-state index contributed by atoms with van der Waals surface area (Å²) in [4.78, 5) is 24.7. The minimum Gasteiger partial charge on any atom is -0.465 e. The molecule has 0 saturated carbocycles. The van der Waals surface area contributed by atoms with Gasteiger partial charge in [0.05, 0.1) is 16.4 Å². The lowest BCUT2D eigenvalue weighted by molar-refractivity contribution is -0.110. The average Bonchev–Trinajstić information content (AvgIpc) is 3.13. The van der Waals surface area contributed by atoms with Gasteiger partial charge >= 0.3 is 6.09 Å². The van der Waals surface area contributed by atoms with Crippen molar-refractivity contribution in [2.24, 2.45) is 0 Å². The zero-order valence-corrected chi connectivity index (χ0v) is 19.4. The molecule has 0 aliphatic carbocycles. The Morgan fingerprint density at radius 1 is 1.30 bits per heavy atom. The lowest BCUT2D eigenvalue weighted by Gasteiger charge is -2.29. The van der Waals surface area contributed by atoms with Gasteiger partial charge in [-0.1, -0.05) is 18.5 Å². The Morgan fingerprint density at radius 2 is 2.03 bits per heavy atom. The minimum absolute atomic E-state index is 0.186. The minimum atomic E-state index is -1.50. The molecule has 2 amide bonds. The molecule has 10 nitrogen and oxygen atoms in total. The van der Waals surface area contributed by atoms with Gasteiger partial charge in [0.25, 0.3) is 5.91 Å². The summed E-state index contributed by atoms with van der Waals surface area (Å²) in [6.07, 6.45) is -1.22. The maximum absolute atomic E-state index is 12.0. The molecule has 1 aliphatic rings. The van der Waals surface area contributed by atoms with E-state index in [-0.39, 0.29) is 17.4 Å². The number of aryl methyl sites for hydroxylation is 1. The predicted octanol–water partition coefficient (Wildman–Crippen LogP) is 4.45. The van der Waals surface area contributed by atoms with E-state index < -0.39 is 17.8 Å². The molecule has 0 bridgehead atoms. The Kier molecular flexibility index (Phi) is 7.29. The highest BCUT2D eigenvalue weighted by atomic mass is 35.5. The fourth-order valence-electron chi connectivity index (χ4n) is 3.54. The molecule has 3 rings (SSSR count). The Morgan fingerprint density at radius 3 is 2.64 bits per heavy atom. The van der Waals surface area contributed by atoms with Crippen LogP contribution in [0.25, 0.3) is 0 Å². The second-order valence-corrected chi connectivity index (χ2v) is 7.98. The predicted molar refractivity (Wildman–Crippen MR) is 127 cm³/mol. The van der Waals surface area contributed by atoms with Crippen LogP contribution in [0.2, 0.25) is 5.02 Å². The molecule has 1 heterocycles. The van der Waals surface area contributed by atoms with Crippen LogP contribution in [0, 0.1) is 5.41 Å². The number of carboxylic acid groups (broad SMARTS) is 1. The summed E-state index contributed by atoms with van der Waals surface area (Å²) in [6, 6.07) is 8.99. The van der Waals surface area contributed by atoms with Crippen molar-refractivity contribution in [3.8, 4) is 11.5 Å². The summed E-state index contributed by atoms with van der Waals surface area (Å²) in [5.41, 5.74) is 2.92. The number of carbonyl (C=O) groups is 2. The van der Waals surface area contributed by atoms with E-state index in [4.69, 9.17) is 31.6 Å². The molecule has 0 fully saturated rings. The van der Waals surface area contributed by atoms with Gasteiger partial charge in [-0.3, -0.25) is 15.5 Å². The number of benzene rings is 2. The van der Waals surface area contributed by atoms with Crippen molar-refractivity contribution in [2.45, 2.75) is 39.6 Å². The smallest absolute Gasteiger partial charge is 0.410 e. The maximum atomic E-state index is 12.0. The summed E-state index contributed by atoms with van der Waals surface area (Å²) in [5, 5.41) is 23.9. The van der Waals surface area contributed by atoms with Gasteiger partial charge in [0.2, 0.25) is 6.35 Å². The first kappa shape index (κ1) is 24.1. The number of amides is 2. The molecule has 0 saturated heterocycles. The summed E-state index contributed by atoms with van der Waals surface area (Å²) < 4.78 is 11.7. The van der Waals surface area contributed by atoms with Crippen LogP contribution in [0.5, 0.6) is 11.5 Å². The number of fused-ring (bicyclic) bond motifs is 1. The highest BCUT2D eigenvalue weighted by Crippen LogP contribution is 2.42. The van der Waals surface area contributed by atoms with Gasteiger partial charge < -0.3 is 30.1 Å². The van der Waals surface area contributed by atoms with Crippen molar-refractivity contribution in [1.29, 1.82) is 5.41 Å². The molecule has 0 radical (unpaired) electrons. The zero-order valence-electron chi connectivity index (χ0n) is 18.7. The number of nitrogens with zero attached hydrogens (tertiary/aromatic N) is 1. The van der Waals surface area contributed by atoms with Gasteiger partial charge in [0.1, 0.15) is 11.5 Å². The number of nitrogens with one attached hydrogen (secondary N) is 4. The van der Waals surface area contributed by atoms with E-state index in [9.17, 15) is 9.59 Å². The molecule has 0 spiro atoms. The first-order valence-corrected chi connectivity index (χ1v) is 10.6. The number of hydrogen-bond acceptors (Lipinski definition) is 7. The van der Waals surface area contributed by atoms with Gasteiger partial charge in [-0.15, -0.1) is 0 Å². The van der Waals surface area contributed by atoms with Gasteiger partial charge in [-0.25, -0.2) is 4.79 Å². The van der Waals surface area contributed by atoms with Gasteiger partial charge in [0, 0.05) is 24.9 Å². The fraction of sp³-hybridized carbons (Fsp3) is 0.318. The molecule has 1 unspecified atom stereocenters. The van der Waals surface area contributed by atoms with Crippen molar-refractivity contribution in [2.75, 3.05) is 22.6 Å². The van der Waals surface area contributed by atoms with Gasteiger partial charge in [-0.05, 0) is 50.1 Å². The Bertz CT molecular complexity index is 1090. The van der Waals surface area contributed by atoms with Crippen molar-refractivity contribution in [3.05, 3.63) is 40.9 Å². The number of hydrogen-bond donors (Lipinski definition) is 5. The molecule has 11 heteroatoms. The van der Waals surface area contributed by atoms with E-state index in [1.165, 1.54) is 6.07 Å². The standard InChI is InChI=1S/C22H26ClN5O5/c1-5-12-8-13(25-20(29)19(24)27-22(30)31)9-15(23)18(12)33-14-6-7-16-17(10-14)28(11(2)3)21(26-16)32-4/h6-11,21,26H,5H2,1-4H3,(H2,24,27)(H,25,29)(H,30,31). The number of carbonyl (C=O) groups excluding carboxylic acids is 1. The largest absolute Gasteiger partial charge is 0.465 e. The molecule has 176 valence electrons. The second kappa shape index (κ2) is 9.97. The molecule has 1 aliphatic heterocycles. The number of halogens is 1. The monoisotopic (exact) mass is 475 g/mol. The number of amidine groups is 1. The van der Waals surface area contributed by atoms with Crippen molar-refractivity contribution in [1.82, 2.24) is 5.32 Å². The molecular weight excluding hydrogens is 450 g/mol. The van der Waals surface area contributed by atoms with Gasteiger partial charge in [0.15, 0.2) is 5.84 Å². The van der Waals surface area contributed by atoms with E-state index in [0.29, 0.717) is 23.6 Å². The third-order valence-corrected chi connectivity index (χ3v) is 5.28. The average molecular weight is 476 g/mol. The third-order valence-electron chi connectivity index (χ3n) is 5.00. The Balaban J connectivity index is 1.85. The summed E-state index contributed by atoms with van der Waals surface area (Å²) in [7, 11) is 1.64. The molecule has 33 heavy (non-hydrogen) atoms. The maximum Gasteiger partial charge on any atom is 0.410 e. The lowest BCUT2D eigenvalue weighted by atomic mass is 10.1. The molecule has 0 aromatic heterocycles. The molecule has 5 N–H and O–H groups in total. The van der Waals surface area contributed by atoms with Crippen LogP contribution >= 0.6 is 11.6 Å². The fourth-order valence-corrected chi connectivity index (χ4v) is 3.81. The molecule has 1 atom stereocenters. The normalized spacial score (nSPS) is 14.5. The van der Waals surface area contributed by atoms with E-state index >= 15 is 0 Å². The number of anilines is 3. The first-order valence-electron chi connectivity index (χ1n) is 10.3. The first-order chi connectivity index (χ1) is 15.6. The van der Waals surface area contributed by atoms with E-state index in [0.717, 1.165) is 16.9 Å². The van der Waals surface area contributed by atoms with Crippen LogP contribution in [0.4, 0.5) is 21.9 Å². The van der Waals surface area contributed by atoms with Gasteiger partial charge in [-0.2, -0.15) is 0 Å². The van der Waals surface area contributed by atoms with Crippen LogP contribution < -0.4 is 25.6 Å². The Labute approximate surface area is 196 Å². The van der Waals surface area contributed by atoms with Crippen LogP contribution in [0.1, 0.15) is 26.3 Å². The van der Waals surface area contributed by atoms with Crippen molar-refractivity contribution >= 4 is 46.5 Å². The van der Waals surface area contributed by atoms with E-state index in [1.54, 1.807) is 18.5 Å². The molecular formula is C22H26ClN5O5. The van der Waals surface area contributed by atoms with Crippen LogP contribution in [-0.4, -0.2) is 42.4 Å². The van der Waals surface area contributed by atoms with Crippen LogP contribution in [-0.2, 0) is 16.0 Å². The third kappa shape index (κ3) is 5.29.